The highest BCUT2D eigenvalue weighted by Crippen LogP contribution is 2.40. The molecule has 1 heterocycles. The van der Waals surface area contributed by atoms with Crippen LogP contribution in [-0.2, 0) is 5.41 Å². The lowest BCUT2D eigenvalue weighted by atomic mass is 9.81. The Hall–Kier alpha value is -1.64. The molecule has 0 unspecified atom stereocenters. The Morgan fingerprint density at radius 1 is 1.24 bits per heavy atom. The third kappa shape index (κ3) is 2.87. The zero-order valence-corrected chi connectivity index (χ0v) is 13.6. The van der Waals surface area contributed by atoms with Crippen molar-refractivity contribution in [2.45, 2.75) is 58.8 Å². The second kappa shape index (κ2) is 6.00. The van der Waals surface area contributed by atoms with E-state index in [1.165, 1.54) is 37.1 Å². The van der Waals surface area contributed by atoms with Gasteiger partial charge in [0.25, 0.3) is 0 Å². The molecule has 0 spiro atoms. The maximum absolute atomic E-state index is 11.2. The number of unbranched alkanes of at least 4 members (excludes halogenated alkanes) is 3. The fraction of sp³-hybridized carbons (Fsp3) is 0.556. The van der Waals surface area contributed by atoms with Crippen molar-refractivity contribution in [2.24, 2.45) is 0 Å². The second-order valence-corrected chi connectivity index (χ2v) is 6.46. The third-order valence-corrected chi connectivity index (χ3v) is 4.75. The summed E-state index contributed by atoms with van der Waals surface area (Å²) in [5.41, 5.74) is 3.92. The highest BCUT2D eigenvalue weighted by atomic mass is 16.4. The number of carboxylic acid groups (broad SMARTS) is 1. The summed E-state index contributed by atoms with van der Waals surface area (Å²) in [6.07, 6.45) is 4.96. The summed E-state index contributed by atoms with van der Waals surface area (Å²) in [6, 6.07) is 5.53. The molecule has 0 bridgehead atoms. The van der Waals surface area contributed by atoms with E-state index in [9.17, 15) is 9.90 Å². The van der Waals surface area contributed by atoms with Gasteiger partial charge in [-0.25, -0.2) is 4.79 Å². The molecular formula is C18H26NO2+. The molecule has 0 aromatic heterocycles. The van der Waals surface area contributed by atoms with Gasteiger partial charge in [-0.2, -0.15) is 4.58 Å². The number of hydrogen-bond acceptors (Lipinski definition) is 1. The van der Waals surface area contributed by atoms with Crippen LogP contribution in [0.1, 0.15) is 69.3 Å². The van der Waals surface area contributed by atoms with Crippen LogP contribution in [0.25, 0.3) is 0 Å². The smallest absolute Gasteiger partial charge is 0.335 e. The first-order chi connectivity index (χ1) is 9.89. The van der Waals surface area contributed by atoms with E-state index in [0.717, 1.165) is 12.1 Å². The number of nitrogens with zero attached hydrogens (tertiary/aromatic N) is 1. The summed E-state index contributed by atoms with van der Waals surface area (Å²) in [6.45, 7) is 9.77. The van der Waals surface area contributed by atoms with Gasteiger partial charge >= 0.3 is 5.97 Å². The van der Waals surface area contributed by atoms with E-state index in [4.69, 9.17) is 0 Å². The minimum absolute atomic E-state index is 0.0917. The summed E-state index contributed by atoms with van der Waals surface area (Å²) in [4.78, 5) is 11.2. The van der Waals surface area contributed by atoms with Gasteiger partial charge in [-0.15, -0.1) is 0 Å². The number of carboxylic acids is 1. The van der Waals surface area contributed by atoms with Gasteiger partial charge in [0.05, 0.1) is 11.0 Å². The summed E-state index contributed by atoms with van der Waals surface area (Å²) in [5, 5.41) is 9.20. The van der Waals surface area contributed by atoms with Crippen LogP contribution in [0.5, 0.6) is 0 Å². The van der Waals surface area contributed by atoms with Gasteiger partial charge in [-0.3, -0.25) is 0 Å². The molecule has 114 valence electrons. The Morgan fingerprint density at radius 3 is 2.57 bits per heavy atom. The molecule has 0 saturated carbocycles. The van der Waals surface area contributed by atoms with Crippen LogP contribution in [0, 0.1) is 0 Å². The van der Waals surface area contributed by atoms with E-state index in [1.54, 1.807) is 6.07 Å². The molecule has 0 radical (unpaired) electrons. The number of benzene rings is 1. The number of fused-ring (bicyclic) bond motifs is 1. The molecule has 2 rings (SSSR count). The largest absolute Gasteiger partial charge is 0.478 e. The molecule has 3 heteroatoms. The van der Waals surface area contributed by atoms with Crippen molar-refractivity contribution in [2.75, 3.05) is 6.54 Å². The average molecular weight is 288 g/mol. The van der Waals surface area contributed by atoms with Gasteiger partial charge in [-0.1, -0.05) is 19.8 Å². The standard InChI is InChI=1S/C18H25NO2/c1-5-6-7-8-11-19-13(2)18(3,4)15-12-14(17(20)21)9-10-16(15)19/h9-10,12H,5-8,11H2,1-4H3/p+1. The Balaban J connectivity index is 2.32. The second-order valence-electron chi connectivity index (χ2n) is 6.46. The van der Waals surface area contributed by atoms with Crippen LogP contribution in [-0.4, -0.2) is 27.9 Å². The minimum atomic E-state index is -0.854. The van der Waals surface area contributed by atoms with Gasteiger partial charge in [0.2, 0.25) is 5.69 Å². The molecule has 1 aliphatic rings. The molecule has 1 aromatic carbocycles. The van der Waals surface area contributed by atoms with Gasteiger partial charge < -0.3 is 5.11 Å². The van der Waals surface area contributed by atoms with Crippen molar-refractivity contribution in [3.63, 3.8) is 0 Å². The number of carbonyl (C=O) groups is 1. The molecule has 0 atom stereocenters. The zero-order valence-electron chi connectivity index (χ0n) is 13.6. The molecule has 3 nitrogen and oxygen atoms in total. The van der Waals surface area contributed by atoms with Gasteiger partial charge in [0.1, 0.15) is 6.54 Å². The summed E-state index contributed by atoms with van der Waals surface area (Å²) < 4.78 is 2.37. The van der Waals surface area contributed by atoms with E-state index >= 15 is 0 Å². The Labute approximate surface area is 127 Å². The minimum Gasteiger partial charge on any atom is -0.478 e. The van der Waals surface area contributed by atoms with Crippen molar-refractivity contribution >= 4 is 17.4 Å². The van der Waals surface area contributed by atoms with Gasteiger partial charge in [0.15, 0.2) is 5.71 Å². The maximum Gasteiger partial charge on any atom is 0.335 e. The third-order valence-electron chi connectivity index (χ3n) is 4.75. The SMILES string of the molecule is CCCCCC[N+]1=C(C)C(C)(C)c2cc(C(=O)O)ccc21. The molecule has 0 fully saturated rings. The molecule has 1 N–H and O–H groups in total. The molecule has 21 heavy (non-hydrogen) atoms. The lowest BCUT2D eigenvalue weighted by Crippen LogP contribution is -2.26. The van der Waals surface area contributed by atoms with Crippen molar-refractivity contribution in [3.8, 4) is 0 Å². The van der Waals surface area contributed by atoms with E-state index in [2.05, 4.69) is 32.3 Å². The van der Waals surface area contributed by atoms with E-state index in [-0.39, 0.29) is 5.41 Å². The molecule has 1 aromatic rings. The van der Waals surface area contributed by atoms with Crippen molar-refractivity contribution in [3.05, 3.63) is 29.3 Å². The quantitative estimate of drug-likeness (QED) is 0.624. The lowest BCUT2D eigenvalue weighted by molar-refractivity contribution is -0.439. The van der Waals surface area contributed by atoms with Gasteiger partial charge in [0, 0.05) is 25.0 Å². The predicted octanol–water partition coefficient (Wildman–Crippen LogP) is 4.36. The lowest BCUT2D eigenvalue weighted by Gasteiger charge is -2.15. The first-order valence-corrected chi connectivity index (χ1v) is 7.89. The van der Waals surface area contributed by atoms with Gasteiger partial charge in [-0.05, 0) is 32.4 Å². The highest BCUT2D eigenvalue weighted by Gasteiger charge is 2.43. The fourth-order valence-corrected chi connectivity index (χ4v) is 3.10. The zero-order chi connectivity index (χ0) is 15.6. The van der Waals surface area contributed by atoms with Crippen LogP contribution >= 0.6 is 0 Å². The molecular weight excluding hydrogens is 262 g/mol. The molecule has 0 aliphatic carbocycles. The molecule has 1 aliphatic heterocycles. The number of hydrogen-bond donors (Lipinski definition) is 1. The first kappa shape index (κ1) is 15.7. The Kier molecular flexibility index (Phi) is 4.50. The van der Waals surface area contributed by atoms with Crippen molar-refractivity contribution in [1.82, 2.24) is 0 Å². The number of aromatic carboxylic acids is 1. The topological polar surface area (TPSA) is 40.3 Å². The van der Waals surface area contributed by atoms with Crippen LogP contribution < -0.4 is 0 Å². The van der Waals surface area contributed by atoms with E-state index < -0.39 is 5.97 Å². The summed E-state index contributed by atoms with van der Waals surface area (Å²) >= 11 is 0. The molecule has 0 amide bonds. The first-order valence-electron chi connectivity index (χ1n) is 7.89. The monoisotopic (exact) mass is 288 g/mol. The fourth-order valence-electron chi connectivity index (χ4n) is 3.10. The summed E-state index contributed by atoms with van der Waals surface area (Å²) in [7, 11) is 0. The van der Waals surface area contributed by atoms with Crippen LogP contribution in [0.3, 0.4) is 0 Å². The number of rotatable bonds is 6. The van der Waals surface area contributed by atoms with Crippen LogP contribution in [0.15, 0.2) is 18.2 Å². The van der Waals surface area contributed by atoms with Crippen LogP contribution in [0.4, 0.5) is 5.69 Å². The predicted molar refractivity (Wildman–Crippen MR) is 86.0 cm³/mol. The van der Waals surface area contributed by atoms with Crippen molar-refractivity contribution < 1.29 is 14.5 Å². The highest BCUT2D eigenvalue weighted by molar-refractivity contribution is 5.95. The maximum atomic E-state index is 11.2. The Bertz CT molecular complexity index is 585. The van der Waals surface area contributed by atoms with Crippen molar-refractivity contribution in [1.29, 1.82) is 0 Å². The van der Waals surface area contributed by atoms with Crippen LogP contribution in [0.2, 0.25) is 0 Å². The Morgan fingerprint density at radius 2 is 1.95 bits per heavy atom. The summed E-state index contributed by atoms with van der Waals surface area (Å²) in [5.74, 6) is -0.854. The van der Waals surface area contributed by atoms with E-state index in [1.807, 2.05) is 12.1 Å². The molecule has 0 saturated heterocycles. The normalized spacial score (nSPS) is 16.2. The average Bonchev–Trinajstić information content (AvgIpc) is 2.63. The van der Waals surface area contributed by atoms with E-state index in [0.29, 0.717) is 5.56 Å².